The van der Waals surface area contributed by atoms with Gasteiger partial charge in [-0.3, -0.25) is 0 Å². The maximum Gasteiger partial charge on any atom is 0.252 e. The molecule has 1 rings (SSSR count). The fourth-order valence-corrected chi connectivity index (χ4v) is 4.47. The van der Waals surface area contributed by atoms with E-state index < -0.39 is 10.0 Å². The van der Waals surface area contributed by atoms with Crippen molar-refractivity contribution in [1.82, 2.24) is 4.31 Å². The van der Waals surface area contributed by atoms with E-state index >= 15 is 0 Å². The number of hydrogen-bond donors (Lipinski definition) is 1. The third-order valence-corrected chi connectivity index (χ3v) is 5.98. The third kappa shape index (κ3) is 4.39. The van der Waals surface area contributed by atoms with Crippen LogP contribution in [0.25, 0.3) is 0 Å². The van der Waals surface area contributed by atoms with Gasteiger partial charge in [-0.25, -0.2) is 8.42 Å². The second-order valence-corrected chi connectivity index (χ2v) is 7.24. The van der Waals surface area contributed by atoms with Crippen LogP contribution in [0, 0.1) is 0 Å². The van der Waals surface area contributed by atoms with Gasteiger partial charge in [-0.05, 0) is 25.1 Å². The monoisotopic (exact) mass is 304 g/mol. The van der Waals surface area contributed by atoms with Gasteiger partial charge in [-0.2, -0.15) is 4.31 Å². The topological polar surface area (TPSA) is 72.6 Å². The molecule has 0 atom stereocenters. The summed E-state index contributed by atoms with van der Waals surface area (Å²) < 4.78 is 31.5. The van der Waals surface area contributed by atoms with Gasteiger partial charge in [0.2, 0.25) is 0 Å². The Hall–Kier alpha value is -0.730. The number of methoxy groups -OCH3 is 1. The van der Waals surface area contributed by atoms with Crippen LogP contribution in [0.5, 0.6) is 0 Å². The van der Waals surface area contributed by atoms with Crippen LogP contribution in [-0.4, -0.2) is 46.1 Å². The fraction of sp³-hybridized carbons (Fsp3) is 0.500. The van der Waals surface area contributed by atoms with Gasteiger partial charge < -0.3 is 10.5 Å². The van der Waals surface area contributed by atoms with Crippen molar-refractivity contribution in [1.29, 1.82) is 0 Å². The largest absolute Gasteiger partial charge is 0.383 e. The molecule has 0 aliphatic carbocycles. The molecular formula is C12H20N2O3S2. The minimum absolute atomic E-state index is 0.274. The Labute approximate surface area is 118 Å². The molecule has 1 aromatic rings. The molecule has 108 valence electrons. The Morgan fingerprint density at radius 3 is 2.84 bits per heavy atom. The zero-order valence-electron chi connectivity index (χ0n) is 11.0. The lowest BCUT2D eigenvalue weighted by atomic mass is 10.3. The van der Waals surface area contributed by atoms with Gasteiger partial charge in [0.25, 0.3) is 10.0 Å². The number of hydrogen-bond acceptors (Lipinski definition) is 5. The predicted octanol–water partition coefficient (Wildman–Crippen LogP) is 1.07. The first-order valence-corrected chi connectivity index (χ1v) is 8.20. The first-order valence-electron chi connectivity index (χ1n) is 5.95. The van der Waals surface area contributed by atoms with Crippen molar-refractivity contribution >= 4 is 21.4 Å². The SMILES string of the molecule is C=CCN(CCOC)S(=O)(=O)c1ccc(CCN)s1. The molecule has 2 N–H and O–H groups in total. The fourth-order valence-electron chi connectivity index (χ4n) is 1.55. The minimum Gasteiger partial charge on any atom is -0.383 e. The predicted molar refractivity (Wildman–Crippen MR) is 77.9 cm³/mol. The van der Waals surface area contributed by atoms with Gasteiger partial charge in [0.05, 0.1) is 6.61 Å². The second kappa shape index (κ2) is 7.76. The van der Waals surface area contributed by atoms with Gasteiger partial charge >= 0.3 is 0 Å². The Morgan fingerprint density at radius 1 is 1.53 bits per heavy atom. The van der Waals surface area contributed by atoms with Crippen LogP contribution in [0.3, 0.4) is 0 Å². The summed E-state index contributed by atoms with van der Waals surface area (Å²) in [5, 5.41) is 0. The zero-order chi connectivity index (χ0) is 14.3. The molecule has 1 heterocycles. The van der Waals surface area contributed by atoms with Gasteiger partial charge in [0.15, 0.2) is 0 Å². The summed E-state index contributed by atoms with van der Waals surface area (Å²) in [6, 6.07) is 3.45. The molecule has 0 amide bonds. The summed E-state index contributed by atoms with van der Waals surface area (Å²) >= 11 is 1.27. The molecule has 7 heteroatoms. The second-order valence-electron chi connectivity index (χ2n) is 3.90. The van der Waals surface area contributed by atoms with Crippen LogP contribution >= 0.6 is 11.3 Å². The Balaban J connectivity index is 2.93. The lowest BCUT2D eigenvalue weighted by Crippen LogP contribution is -2.33. The zero-order valence-corrected chi connectivity index (χ0v) is 12.7. The highest BCUT2D eigenvalue weighted by Gasteiger charge is 2.24. The van der Waals surface area contributed by atoms with Crippen molar-refractivity contribution in [3.63, 3.8) is 0 Å². The van der Waals surface area contributed by atoms with Crippen LogP contribution in [0.4, 0.5) is 0 Å². The van der Waals surface area contributed by atoms with Crippen LogP contribution < -0.4 is 5.73 Å². The van der Waals surface area contributed by atoms with Gasteiger partial charge in [-0.15, -0.1) is 17.9 Å². The Kier molecular flexibility index (Phi) is 6.67. The van der Waals surface area contributed by atoms with E-state index in [1.165, 1.54) is 15.6 Å². The number of ether oxygens (including phenoxy) is 1. The average Bonchev–Trinajstić information content (AvgIpc) is 2.84. The van der Waals surface area contributed by atoms with E-state index in [2.05, 4.69) is 6.58 Å². The molecule has 0 saturated carbocycles. The minimum atomic E-state index is -3.47. The van der Waals surface area contributed by atoms with Crippen LogP contribution in [0.1, 0.15) is 4.88 Å². The molecule has 0 spiro atoms. The molecule has 0 bridgehead atoms. The first kappa shape index (κ1) is 16.3. The maximum atomic E-state index is 12.4. The molecule has 0 aromatic carbocycles. The number of rotatable bonds is 9. The molecule has 0 aliphatic rings. The van der Waals surface area contributed by atoms with Crippen molar-refractivity contribution in [3.05, 3.63) is 29.7 Å². The highest BCUT2D eigenvalue weighted by molar-refractivity contribution is 7.91. The van der Waals surface area contributed by atoms with E-state index in [4.69, 9.17) is 10.5 Å². The first-order chi connectivity index (χ1) is 9.06. The van der Waals surface area contributed by atoms with E-state index in [9.17, 15) is 8.42 Å². The normalized spacial score (nSPS) is 11.9. The standard InChI is InChI=1S/C12H20N2O3S2/c1-3-8-14(9-10-17-2)19(15,16)12-5-4-11(18-12)6-7-13/h3-5H,1,6-10,13H2,2H3. The quantitative estimate of drug-likeness (QED) is 0.693. The van der Waals surface area contributed by atoms with Crippen LogP contribution in [-0.2, 0) is 21.2 Å². The summed E-state index contributed by atoms with van der Waals surface area (Å²) in [5.74, 6) is 0. The van der Waals surface area contributed by atoms with Crippen molar-refractivity contribution in [3.8, 4) is 0 Å². The number of thiophene rings is 1. The van der Waals surface area contributed by atoms with Crippen molar-refractivity contribution in [2.45, 2.75) is 10.6 Å². The lowest BCUT2D eigenvalue weighted by Gasteiger charge is -2.19. The van der Waals surface area contributed by atoms with Crippen molar-refractivity contribution in [2.24, 2.45) is 5.73 Å². The van der Waals surface area contributed by atoms with E-state index in [0.29, 0.717) is 30.3 Å². The average molecular weight is 304 g/mol. The number of nitrogens with zero attached hydrogens (tertiary/aromatic N) is 1. The molecule has 0 aliphatic heterocycles. The number of nitrogens with two attached hydrogens (primary N) is 1. The summed E-state index contributed by atoms with van der Waals surface area (Å²) in [6.45, 7) is 5.05. The molecular weight excluding hydrogens is 284 g/mol. The molecule has 0 unspecified atom stereocenters. The highest BCUT2D eigenvalue weighted by Crippen LogP contribution is 2.25. The molecule has 0 fully saturated rings. The summed E-state index contributed by atoms with van der Waals surface area (Å²) in [4.78, 5) is 0.978. The van der Waals surface area contributed by atoms with E-state index in [1.807, 2.05) is 6.07 Å². The smallest absolute Gasteiger partial charge is 0.252 e. The van der Waals surface area contributed by atoms with Crippen molar-refractivity contribution < 1.29 is 13.2 Å². The van der Waals surface area contributed by atoms with Gasteiger partial charge in [-0.1, -0.05) is 6.08 Å². The molecule has 0 saturated heterocycles. The Morgan fingerprint density at radius 2 is 2.26 bits per heavy atom. The van der Waals surface area contributed by atoms with Crippen molar-refractivity contribution in [2.75, 3.05) is 33.4 Å². The molecule has 0 radical (unpaired) electrons. The van der Waals surface area contributed by atoms with Gasteiger partial charge in [0.1, 0.15) is 4.21 Å². The van der Waals surface area contributed by atoms with E-state index in [0.717, 1.165) is 4.88 Å². The van der Waals surface area contributed by atoms with Crippen LogP contribution in [0.2, 0.25) is 0 Å². The van der Waals surface area contributed by atoms with Gasteiger partial charge in [0, 0.05) is 25.1 Å². The Bertz CT molecular complexity index is 497. The van der Waals surface area contributed by atoms with E-state index in [-0.39, 0.29) is 6.54 Å². The highest BCUT2D eigenvalue weighted by atomic mass is 32.2. The third-order valence-electron chi connectivity index (χ3n) is 2.50. The summed E-state index contributed by atoms with van der Waals surface area (Å²) in [5.41, 5.74) is 5.47. The summed E-state index contributed by atoms with van der Waals surface area (Å²) in [6.07, 6.45) is 2.27. The lowest BCUT2D eigenvalue weighted by molar-refractivity contribution is 0.182. The summed E-state index contributed by atoms with van der Waals surface area (Å²) in [7, 11) is -1.93. The maximum absolute atomic E-state index is 12.4. The van der Waals surface area contributed by atoms with Crippen LogP contribution in [0.15, 0.2) is 29.0 Å². The molecule has 1 aromatic heterocycles. The number of sulfonamides is 1. The molecule has 19 heavy (non-hydrogen) atoms. The molecule has 5 nitrogen and oxygen atoms in total. The van der Waals surface area contributed by atoms with E-state index in [1.54, 1.807) is 19.3 Å².